The van der Waals surface area contributed by atoms with E-state index in [2.05, 4.69) is 41.5 Å². The molecule has 21 heavy (non-hydrogen) atoms. The quantitative estimate of drug-likeness (QED) is 0.551. The highest BCUT2D eigenvalue weighted by molar-refractivity contribution is 5.58. The monoisotopic (exact) mass is 291 g/mol. The van der Waals surface area contributed by atoms with Crippen LogP contribution in [0.25, 0.3) is 0 Å². The van der Waals surface area contributed by atoms with Crippen LogP contribution in [-0.2, 0) is 0 Å². The fourth-order valence-electron chi connectivity index (χ4n) is 3.37. The lowest BCUT2D eigenvalue weighted by Gasteiger charge is -2.30. The van der Waals surface area contributed by atoms with E-state index in [0.717, 1.165) is 23.1 Å². The topological polar surface area (TPSA) is 75.9 Å². The lowest BCUT2D eigenvalue weighted by molar-refractivity contribution is 0.318. The van der Waals surface area contributed by atoms with Crippen molar-refractivity contribution in [1.82, 2.24) is 9.97 Å². The molecule has 1 saturated carbocycles. The first-order valence-corrected chi connectivity index (χ1v) is 8.23. The predicted octanol–water partition coefficient (Wildman–Crippen LogP) is 3.66. The van der Waals surface area contributed by atoms with E-state index in [1.54, 1.807) is 6.33 Å². The van der Waals surface area contributed by atoms with Gasteiger partial charge in [0.25, 0.3) is 0 Å². The average Bonchev–Trinajstić information content (AvgIpc) is 2.49. The van der Waals surface area contributed by atoms with Crippen molar-refractivity contribution in [2.24, 2.45) is 11.8 Å². The third-order valence-electron chi connectivity index (χ3n) is 4.48. The van der Waals surface area contributed by atoms with Crippen molar-refractivity contribution in [3.63, 3.8) is 0 Å². The van der Waals surface area contributed by atoms with Crippen LogP contribution in [0.1, 0.15) is 70.8 Å². The molecule has 0 radical (unpaired) electrons. The number of nitrogens with two attached hydrogens (primary N) is 1. The maximum atomic E-state index is 5.57. The minimum Gasteiger partial charge on any atom is -0.367 e. The van der Waals surface area contributed by atoms with E-state index in [4.69, 9.17) is 5.84 Å². The number of nitrogens with one attached hydrogen (secondary N) is 2. The van der Waals surface area contributed by atoms with Gasteiger partial charge in [-0.1, -0.05) is 33.6 Å². The highest BCUT2D eigenvalue weighted by Crippen LogP contribution is 2.32. The molecule has 0 saturated heterocycles. The van der Waals surface area contributed by atoms with E-state index < -0.39 is 0 Å². The number of nitrogen functional groups attached to an aromatic ring is 1. The average molecular weight is 291 g/mol. The Morgan fingerprint density at radius 2 is 1.86 bits per heavy atom. The van der Waals surface area contributed by atoms with Gasteiger partial charge in [-0.2, -0.15) is 0 Å². The molecule has 0 bridgehead atoms. The van der Waals surface area contributed by atoms with Crippen molar-refractivity contribution in [3.8, 4) is 0 Å². The Labute approximate surface area is 128 Å². The molecule has 1 aliphatic carbocycles. The van der Waals surface area contributed by atoms with Gasteiger partial charge in [-0.25, -0.2) is 15.8 Å². The van der Waals surface area contributed by atoms with Gasteiger partial charge in [-0.15, -0.1) is 0 Å². The molecule has 2 rings (SSSR count). The van der Waals surface area contributed by atoms with E-state index in [9.17, 15) is 0 Å². The Morgan fingerprint density at radius 1 is 1.19 bits per heavy atom. The molecule has 0 aromatic carbocycles. The van der Waals surface area contributed by atoms with Crippen molar-refractivity contribution >= 4 is 11.6 Å². The van der Waals surface area contributed by atoms with Crippen molar-refractivity contribution in [1.29, 1.82) is 0 Å². The number of hydrogen-bond acceptors (Lipinski definition) is 5. The minimum atomic E-state index is 0.330. The second-order valence-electron chi connectivity index (χ2n) is 6.43. The Hall–Kier alpha value is -1.36. The Kier molecular flexibility index (Phi) is 5.79. The number of anilines is 2. The number of hydrogen-bond donors (Lipinski definition) is 3. The van der Waals surface area contributed by atoms with Gasteiger partial charge in [-0.3, -0.25) is 0 Å². The molecule has 4 N–H and O–H groups in total. The molecule has 1 heterocycles. The molecule has 0 spiro atoms. The van der Waals surface area contributed by atoms with E-state index in [1.807, 2.05) is 0 Å². The summed E-state index contributed by atoms with van der Waals surface area (Å²) in [5.74, 6) is 8.49. The van der Waals surface area contributed by atoms with Crippen molar-refractivity contribution in [3.05, 3.63) is 11.9 Å². The molecular formula is C16H29N5. The summed E-state index contributed by atoms with van der Waals surface area (Å²) < 4.78 is 0. The zero-order chi connectivity index (χ0) is 15.2. The minimum absolute atomic E-state index is 0.330. The van der Waals surface area contributed by atoms with Crippen LogP contribution in [-0.4, -0.2) is 16.0 Å². The summed E-state index contributed by atoms with van der Waals surface area (Å²) in [6.07, 6.45) is 9.38. The molecule has 1 aromatic rings. The van der Waals surface area contributed by atoms with Crippen LogP contribution in [0.5, 0.6) is 0 Å². The second-order valence-corrected chi connectivity index (χ2v) is 6.43. The summed E-state index contributed by atoms with van der Waals surface area (Å²) in [5, 5.41) is 3.62. The van der Waals surface area contributed by atoms with Crippen LogP contribution >= 0.6 is 0 Å². The van der Waals surface area contributed by atoms with E-state index >= 15 is 0 Å². The zero-order valence-electron chi connectivity index (χ0n) is 13.5. The molecule has 1 fully saturated rings. The fraction of sp³-hybridized carbons (Fsp3) is 0.750. The van der Waals surface area contributed by atoms with Crippen LogP contribution in [0.2, 0.25) is 0 Å². The maximum absolute atomic E-state index is 5.57. The summed E-state index contributed by atoms with van der Waals surface area (Å²) in [5.41, 5.74) is 3.77. The van der Waals surface area contributed by atoms with Crippen molar-refractivity contribution in [2.45, 2.75) is 71.3 Å². The maximum Gasteiger partial charge on any atom is 0.148 e. The van der Waals surface area contributed by atoms with Crippen molar-refractivity contribution < 1.29 is 0 Å². The van der Waals surface area contributed by atoms with Gasteiger partial charge in [0.2, 0.25) is 0 Å². The third kappa shape index (κ3) is 4.06. The smallest absolute Gasteiger partial charge is 0.148 e. The Morgan fingerprint density at radius 3 is 2.43 bits per heavy atom. The molecule has 118 valence electrons. The highest BCUT2D eigenvalue weighted by Gasteiger charge is 2.23. The first-order valence-electron chi connectivity index (χ1n) is 8.23. The molecule has 0 atom stereocenters. The van der Waals surface area contributed by atoms with Gasteiger partial charge < -0.3 is 10.7 Å². The number of hydrazine groups is 1. The zero-order valence-corrected chi connectivity index (χ0v) is 13.5. The van der Waals surface area contributed by atoms with Crippen LogP contribution in [0.3, 0.4) is 0 Å². The molecule has 0 amide bonds. The molecular weight excluding hydrogens is 262 g/mol. The first-order chi connectivity index (χ1) is 10.2. The SMILES string of the molecule is CCCC1CCC(Nc2ncnc(NN)c2C(C)C)CC1. The number of aromatic nitrogens is 2. The molecule has 0 unspecified atom stereocenters. The molecule has 1 aliphatic rings. The van der Waals surface area contributed by atoms with Gasteiger partial charge in [0.15, 0.2) is 0 Å². The third-order valence-corrected chi connectivity index (χ3v) is 4.48. The van der Waals surface area contributed by atoms with Crippen LogP contribution in [0.4, 0.5) is 11.6 Å². The molecule has 5 heteroatoms. The highest BCUT2D eigenvalue weighted by atomic mass is 15.3. The molecule has 0 aliphatic heterocycles. The molecule has 5 nitrogen and oxygen atoms in total. The van der Waals surface area contributed by atoms with Gasteiger partial charge in [0.1, 0.15) is 18.0 Å². The largest absolute Gasteiger partial charge is 0.367 e. The predicted molar refractivity (Wildman–Crippen MR) is 88.2 cm³/mol. The molecule has 1 aromatic heterocycles. The van der Waals surface area contributed by atoms with Crippen molar-refractivity contribution in [2.75, 3.05) is 10.7 Å². The Balaban J connectivity index is 2.03. The number of rotatable bonds is 6. The van der Waals surface area contributed by atoms with E-state index in [-0.39, 0.29) is 0 Å². The Bertz CT molecular complexity index is 438. The van der Waals surface area contributed by atoms with Gasteiger partial charge in [0.05, 0.1) is 0 Å². The summed E-state index contributed by atoms with van der Waals surface area (Å²) in [6.45, 7) is 6.56. The standard InChI is InChI=1S/C16H29N5/c1-4-5-12-6-8-13(9-7-12)20-15-14(11(2)3)16(21-17)19-10-18-15/h10-13H,4-9,17H2,1-3H3,(H2,18,19,20,21). The lowest BCUT2D eigenvalue weighted by Crippen LogP contribution is -2.27. The van der Waals surface area contributed by atoms with Crippen LogP contribution in [0, 0.1) is 5.92 Å². The summed E-state index contributed by atoms with van der Waals surface area (Å²) in [7, 11) is 0. The van der Waals surface area contributed by atoms with Crippen LogP contribution in [0.15, 0.2) is 6.33 Å². The first kappa shape index (κ1) is 16.0. The van der Waals surface area contributed by atoms with Gasteiger partial charge in [-0.05, 0) is 37.5 Å². The lowest BCUT2D eigenvalue weighted by atomic mass is 9.83. The summed E-state index contributed by atoms with van der Waals surface area (Å²) in [4.78, 5) is 8.66. The van der Waals surface area contributed by atoms with Gasteiger partial charge >= 0.3 is 0 Å². The van der Waals surface area contributed by atoms with E-state index in [1.165, 1.54) is 38.5 Å². The fourth-order valence-corrected chi connectivity index (χ4v) is 3.37. The van der Waals surface area contributed by atoms with E-state index in [0.29, 0.717) is 12.0 Å². The van der Waals surface area contributed by atoms with Gasteiger partial charge in [0, 0.05) is 11.6 Å². The second kappa shape index (κ2) is 7.59. The number of nitrogens with zero attached hydrogens (tertiary/aromatic N) is 2. The van der Waals surface area contributed by atoms with Crippen LogP contribution < -0.4 is 16.6 Å². The summed E-state index contributed by atoms with van der Waals surface area (Å²) >= 11 is 0. The summed E-state index contributed by atoms with van der Waals surface area (Å²) in [6, 6.07) is 0.524. The normalized spacial score (nSPS) is 22.3.